The van der Waals surface area contributed by atoms with Gasteiger partial charge in [-0.2, -0.15) is 0 Å². The number of anilines is 1. The van der Waals surface area contributed by atoms with E-state index >= 15 is 0 Å². The van der Waals surface area contributed by atoms with Crippen LogP contribution in [0.15, 0.2) is 24.3 Å². The van der Waals surface area contributed by atoms with Crippen molar-refractivity contribution >= 4 is 35.2 Å². The minimum atomic E-state index is -0.774. The third-order valence-corrected chi connectivity index (χ3v) is 9.99. The lowest BCUT2D eigenvalue weighted by Gasteiger charge is -2.37. The van der Waals surface area contributed by atoms with Gasteiger partial charge in [-0.3, -0.25) is 14.4 Å². The molecule has 0 aliphatic carbocycles. The Labute approximate surface area is 217 Å². The number of aliphatic hydroxyl groups is 1. The van der Waals surface area contributed by atoms with Crippen molar-refractivity contribution in [2.75, 3.05) is 25.6 Å². The normalized spacial score (nSPS) is 31.5. The van der Waals surface area contributed by atoms with Gasteiger partial charge in [0, 0.05) is 17.0 Å². The van der Waals surface area contributed by atoms with E-state index in [4.69, 9.17) is 4.74 Å². The summed E-state index contributed by atoms with van der Waals surface area (Å²) in [6, 6.07) is 5.82. The highest BCUT2D eigenvalue weighted by Gasteiger charge is 2.77. The van der Waals surface area contributed by atoms with E-state index < -0.39 is 33.4 Å². The molecule has 3 N–H and O–H groups in total. The lowest BCUT2D eigenvalue weighted by molar-refractivity contribution is -0.143. The molecule has 1 spiro atoms. The average Bonchev–Trinajstić information content (AvgIpc) is 3.42. The van der Waals surface area contributed by atoms with Crippen molar-refractivity contribution in [3.63, 3.8) is 0 Å². The summed E-state index contributed by atoms with van der Waals surface area (Å²) in [6.45, 7) is 8.47. The molecule has 0 saturated carbocycles. The Hall–Kier alpha value is -2.26. The number of amides is 3. The minimum Gasteiger partial charge on any atom is -0.497 e. The number of carbonyl (C=O) groups is 3. The summed E-state index contributed by atoms with van der Waals surface area (Å²) in [5.41, 5.74) is 0.610. The molecule has 36 heavy (non-hydrogen) atoms. The van der Waals surface area contributed by atoms with E-state index in [1.165, 1.54) is 0 Å². The molecule has 4 rings (SSSR count). The van der Waals surface area contributed by atoms with Gasteiger partial charge in [0.25, 0.3) is 0 Å². The second-order valence-electron chi connectivity index (χ2n) is 10.9. The molecule has 3 fully saturated rings. The number of thioether (sulfide) groups is 1. The Morgan fingerprint density at radius 3 is 2.50 bits per heavy atom. The van der Waals surface area contributed by atoms with Crippen molar-refractivity contribution < 1.29 is 24.2 Å². The van der Waals surface area contributed by atoms with E-state index in [1.54, 1.807) is 48.0 Å². The fraction of sp³-hybridized carbons (Fsp3) is 0.667. The van der Waals surface area contributed by atoms with Gasteiger partial charge in [-0.25, -0.2) is 0 Å². The van der Waals surface area contributed by atoms with Gasteiger partial charge in [0.05, 0.1) is 36.3 Å². The van der Waals surface area contributed by atoms with Crippen molar-refractivity contribution in [3.8, 4) is 5.75 Å². The molecule has 198 valence electrons. The highest BCUT2D eigenvalue weighted by Crippen LogP contribution is 2.71. The zero-order valence-corrected chi connectivity index (χ0v) is 22.7. The van der Waals surface area contributed by atoms with Crippen molar-refractivity contribution in [1.29, 1.82) is 0 Å². The number of rotatable bonds is 10. The summed E-state index contributed by atoms with van der Waals surface area (Å²) >= 11 is 1.64. The summed E-state index contributed by atoms with van der Waals surface area (Å²) in [6.07, 6.45) is 2.83. The smallest absolute Gasteiger partial charge is 0.248 e. The molecule has 3 aliphatic rings. The number of likely N-dealkylation sites (tertiary alicyclic amines) is 1. The average molecular weight is 518 g/mol. The van der Waals surface area contributed by atoms with Crippen LogP contribution in [-0.4, -0.2) is 69.6 Å². The van der Waals surface area contributed by atoms with Crippen LogP contribution in [0.3, 0.4) is 0 Å². The van der Waals surface area contributed by atoms with E-state index in [2.05, 4.69) is 17.6 Å². The Morgan fingerprint density at radius 1 is 1.22 bits per heavy atom. The number of ether oxygens (including phenoxy) is 1. The number of aliphatic hydroxyl groups excluding tert-OH is 1. The third kappa shape index (κ3) is 4.38. The largest absolute Gasteiger partial charge is 0.497 e. The van der Waals surface area contributed by atoms with Gasteiger partial charge in [0.15, 0.2) is 0 Å². The molecule has 3 aliphatic heterocycles. The summed E-state index contributed by atoms with van der Waals surface area (Å²) in [5, 5.41) is 16.4. The predicted molar refractivity (Wildman–Crippen MR) is 141 cm³/mol. The van der Waals surface area contributed by atoms with Crippen molar-refractivity contribution in [3.05, 3.63) is 24.3 Å². The molecule has 3 amide bonds. The fourth-order valence-corrected chi connectivity index (χ4v) is 8.86. The second kappa shape index (κ2) is 10.2. The van der Waals surface area contributed by atoms with Gasteiger partial charge in [0.2, 0.25) is 17.7 Å². The zero-order valence-electron chi connectivity index (χ0n) is 21.9. The number of hydrogen-bond donors (Lipinski definition) is 3. The van der Waals surface area contributed by atoms with Crippen LogP contribution in [0.4, 0.5) is 5.69 Å². The van der Waals surface area contributed by atoms with Gasteiger partial charge < -0.3 is 25.4 Å². The molecular formula is C27H39N3O5S. The van der Waals surface area contributed by atoms with E-state index in [1.807, 2.05) is 20.8 Å². The first-order chi connectivity index (χ1) is 17.1. The Bertz CT molecular complexity index is 1000. The van der Waals surface area contributed by atoms with Crippen LogP contribution in [0.2, 0.25) is 0 Å². The SMILES string of the molecule is CCCNC(=O)[C@@H]1[C@H]2C(=O)N([C@@H](CO)CC(C)C)C(C(=O)Nc3ccc(OC)cc3)C23CC[C@@]1(C)S3. The van der Waals surface area contributed by atoms with E-state index in [9.17, 15) is 19.5 Å². The molecule has 3 heterocycles. The van der Waals surface area contributed by atoms with E-state index in [0.29, 0.717) is 30.8 Å². The molecule has 6 atom stereocenters. The van der Waals surface area contributed by atoms with Gasteiger partial charge in [0.1, 0.15) is 11.8 Å². The quantitative estimate of drug-likeness (QED) is 0.440. The Balaban J connectivity index is 1.74. The summed E-state index contributed by atoms with van der Waals surface area (Å²) in [7, 11) is 1.58. The number of carbonyl (C=O) groups excluding carboxylic acids is 3. The number of fused-ring (bicyclic) bond motifs is 1. The van der Waals surface area contributed by atoms with Crippen molar-refractivity contribution in [2.45, 2.75) is 75.0 Å². The summed E-state index contributed by atoms with van der Waals surface area (Å²) < 4.78 is 4.11. The number of nitrogens with zero attached hydrogens (tertiary/aromatic N) is 1. The molecule has 2 unspecified atom stereocenters. The molecule has 3 saturated heterocycles. The lowest BCUT2D eigenvalue weighted by atomic mass is 9.66. The predicted octanol–water partition coefficient (Wildman–Crippen LogP) is 3.05. The second-order valence-corrected chi connectivity index (χ2v) is 12.8. The summed E-state index contributed by atoms with van der Waals surface area (Å²) in [5.74, 6) is -0.751. The molecule has 2 bridgehead atoms. The first-order valence-electron chi connectivity index (χ1n) is 13.0. The molecule has 8 nitrogen and oxygen atoms in total. The zero-order chi connectivity index (χ0) is 26.3. The van der Waals surface area contributed by atoms with Crippen molar-refractivity contribution in [1.82, 2.24) is 10.2 Å². The van der Waals surface area contributed by atoms with Gasteiger partial charge in [-0.1, -0.05) is 20.8 Å². The van der Waals surface area contributed by atoms with E-state index in [-0.39, 0.29) is 30.2 Å². The van der Waals surface area contributed by atoms with Crippen LogP contribution in [0.5, 0.6) is 5.75 Å². The van der Waals surface area contributed by atoms with Gasteiger partial charge >= 0.3 is 0 Å². The lowest BCUT2D eigenvalue weighted by Crippen LogP contribution is -2.55. The first-order valence-corrected chi connectivity index (χ1v) is 13.8. The fourth-order valence-electron chi connectivity index (χ4n) is 6.52. The highest BCUT2D eigenvalue weighted by atomic mass is 32.2. The standard InChI is InChI=1S/C27H39N3O5S/c1-6-13-28-23(32)20-21-25(34)30(18(15-31)14-16(2)3)22(27(21)12-11-26(20,4)36-27)24(33)29-17-7-9-19(35-5)10-8-17/h7-10,16,18,20-22,31H,6,11-15H2,1-5H3,(H,28,32)(H,29,33)/t18-,20+,21+,22?,26-,27?/m1/s1. The highest BCUT2D eigenvalue weighted by molar-refractivity contribution is 8.02. The molecular weight excluding hydrogens is 478 g/mol. The topological polar surface area (TPSA) is 108 Å². The molecule has 0 radical (unpaired) electrons. The van der Waals surface area contributed by atoms with Crippen LogP contribution in [0, 0.1) is 17.8 Å². The number of hydrogen-bond acceptors (Lipinski definition) is 6. The number of methoxy groups -OCH3 is 1. The Morgan fingerprint density at radius 2 is 1.92 bits per heavy atom. The van der Waals surface area contributed by atoms with Crippen LogP contribution in [0.1, 0.15) is 53.4 Å². The molecule has 1 aromatic rings. The summed E-state index contributed by atoms with van der Waals surface area (Å²) in [4.78, 5) is 43.1. The number of nitrogens with one attached hydrogen (secondary N) is 2. The maximum absolute atomic E-state index is 14.2. The van der Waals surface area contributed by atoms with Gasteiger partial charge in [-0.15, -0.1) is 11.8 Å². The Kier molecular flexibility index (Phi) is 7.62. The maximum Gasteiger partial charge on any atom is 0.248 e. The van der Waals surface area contributed by atoms with E-state index in [0.717, 1.165) is 12.8 Å². The minimum absolute atomic E-state index is 0.104. The van der Waals surface area contributed by atoms with Crippen LogP contribution < -0.4 is 15.4 Å². The first kappa shape index (κ1) is 26.8. The third-order valence-electron chi connectivity index (χ3n) is 8.00. The van der Waals surface area contributed by atoms with Crippen LogP contribution >= 0.6 is 11.8 Å². The molecule has 1 aromatic carbocycles. The molecule has 0 aromatic heterocycles. The monoisotopic (exact) mass is 517 g/mol. The van der Waals surface area contributed by atoms with Crippen LogP contribution in [-0.2, 0) is 14.4 Å². The van der Waals surface area contributed by atoms with Crippen molar-refractivity contribution in [2.24, 2.45) is 17.8 Å². The van der Waals surface area contributed by atoms with Crippen LogP contribution in [0.25, 0.3) is 0 Å². The molecule has 9 heteroatoms. The van der Waals surface area contributed by atoms with Gasteiger partial charge in [-0.05, 0) is 62.8 Å². The maximum atomic E-state index is 14.2. The number of benzene rings is 1.